The van der Waals surface area contributed by atoms with Crippen LogP contribution < -0.4 is 9.47 Å². The van der Waals surface area contributed by atoms with Gasteiger partial charge in [-0.1, -0.05) is 18.1 Å². The van der Waals surface area contributed by atoms with Crippen molar-refractivity contribution in [3.63, 3.8) is 0 Å². The molecular weight excluding hydrogens is 286 g/mol. The van der Waals surface area contributed by atoms with E-state index in [2.05, 4.69) is 30.8 Å². The molecule has 118 valence electrons. The van der Waals surface area contributed by atoms with Gasteiger partial charge < -0.3 is 9.47 Å². The third-order valence-corrected chi connectivity index (χ3v) is 3.51. The van der Waals surface area contributed by atoms with Gasteiger partial charge in [0.2, 0.25) is 0 Å². The monoisotopic (exact) mass is 307 g/mol. The Morgan fingerprint density at radius 1 is 1.13 bits per heavy atom. The van der Waals surface area contributed by atoms with Gasteiger partial charge in [0.25, 0.3) is 0 Å². The van der Waals surface area contributed by atoms with Gasteiger partial charge in [-0.2, -0.15) is 0 Å². The highest BCUT2D eigenvalue weighted by Gasteiger charge is 2.05. The van der Waals surface area contributed by atoms with Crippen LogP contribution in [-0.4, -0.2) is 19.4 Å². The van der Waals surface area contributed by atoms with Crippen molar-refractivity contribution in [3.05, 3.63) is 53.1 Å². The Bertz CT molecular complexity index is 742. The summed E-state index contributed by atoms with van der Waals surface area (Å²) in [7, 11) is 0. The zero-order chi connectivity index (χ0) is 16.7. The van der Waals surface area contributed by atoms with Gasteiger partial charge in [-0.3, -0.25) is 4.99 Å². The molecule has 0 N–H and O–H groups in total. The van der Waals surface area contributed by atoms with Crippen LogP contribution in [0.25, 0.3) is 0 Å². The Morgan fingerprint density at radius 3 is 2.70 bits per heavy atom. The first-order chi connectivity index (χ1) is 11.2. The summed E-state index contributed by atoms with van der Waals surface area (Å²) in [4.78, 5) is 4.58. The van der Waals surface area contributed by atoms with Crippen molar-refractivity contribution in [2.24, 2.45) is 4.99 Å². The van der Waals surface area contributed by atoms with E-state index in [0.29, 0.717) is 18.1 Å². The summed E-state index contributed by atoms with van der Waals surface area (Å²) in [5.74, 6) is 3.77. The molecule has 0 aromatic heterocycles. The predicted octanol–water partition coefficient (Wildman–Crippen LogP) is 4.46. The normalized spacial score (nSPS) is 10.5. The maximum atomic E-state index is 5.61. The number of terminal acetylenes is 1. The lowest BCUT2D eigenvalue weighted by molar-refractivity contribution is 0.299. The Morgan fingerprint density at radius 2 is 1.96 bits per heavy atom. The van der Waals surface area contributed by atoms with Gasteiger partial charge in [0.05, 0.1) is 12.3 Å². The molecular formula is C20H21NO2. The molecule has 0 aliphatic rings. The fourth-order valence-corrected chi connectivity index (χ4v) is 2.13. The van der Waals surface area contributed by atoms with Crippen LogP contribution >= 0.6 is 0 Å². The molecule has 2 aromatic carbocycles. The molecule has 0 atom stereocenters. The fraction of sp³-hybridized carbons (Fsp3) is 0.250. The molecule has 0 radical (unpaired) electrons. The molecule has 23 heavy (non-hydrogen) atoms. The van der Waals surface area contributed by atoms with E-state index in [4.69, 9.17) is 15.9 Å². The highest BCUT2D eigenvalue weighted by molar-refractivity contribution is 5.83. The van der Waals surface area contributed by atoms with Crippen molar-refractivity contribution in [2.45, 2.75) is 20.8 Å². The minimum atomic E-state index is 0.218. The Hall–Kier alpha value is -2.73. The maximum absolute atomic E-state index is 5.61. The summed E-state index contributed by atoms with van der Waals surface area (Å²) in [6, 6.07) is 11.8. The Balaban J connectivity index is 2.26. The van der Waals surface area contributed by atoms with Gasteiger partial charge in [0.1, 0.15) is 6.61 Å². The molecule has 0 fully saturated rings. The summed E-state index contributed by atoms with van der Waals surface area (Å²) in [5.41, 5.74) is 4.33. The summed E-state index contributed by atoms with van der Waals surface area (Å²) in [5, 5.41) is 0. The molecule has 3 heteroatoms. The molecule has 2 aromatic rings. The number of nitrogens with zero attached hydrogens (tertiary/aromatic N) is 1. The highest BCUT2D eigenvalue weighted by atomic mass is 16.5. The molecule has 0 bridgehead atoms. The van der Waals surface area contributed by atoms with Crippen molar-refractivity contribution in [3.8, 4) is 23.8 Å². The van der Waals surface area contributed by atoms with Gasteiger partial charge in [0.15, 0.2) is 11.5 Å². The molecule has 0 aliphatic heterocycles. The second kappa shape index (κ2) is 8.05. The van der Waals surface area contributed by atoms with Gasteiger partial charge >= 0.3 is 0 Å². The first kappa shape index (κ1) is 16.6. The molecule has 3 nitrogen and oxygen atoms in total. The van der Waals surface area contributed by atoms with Crippen LogP contribution in [0.4, 0.5) is 5.69 Å². The van der Waals surface area contributed by atoms with Crippen molar-refractivity contribution in [2.75, 3.05) is 13.2 Å². The molecule has 0 spiro atoms. The van der Waals surface area contributed by atoms with Gasteiger partial charge in [0, 0.05) is 6.21 Å². The number of aryl methyl sites for hydroxylation is 1. The highest BCUT2D eigenvalue weighted by Crippen LogP contribution is 2.28. The quantitative estimate of drug-likeness (QED) is 0.582. The van der Waals surface area contributed by atoms with E-state index >= 15 is 0 Å². The average molecular weight is 307 g/mol. The lowest BCUT2D eigenvalue weighted by atomic mass is 10.1. The minimum Gasteiger partial charge on any atom is -0.490 e. The summed E-state index contributed by atoms with van der Waals surface area (Å²) in [6.45, 7) is 6.87. The van der Waals surface area contributed by atoms with E-state index in [1.54, 1.807) is 0 Å². The smallest absolute Gasteiger partial charge is 0.162 e. The summed E-state index contributed by atoms with van der Waals surface area (Å²) in [6.07, 6.45) is 7.06. The molecule has 0 amide bonds. The van der Waals surface area contributed by atoms with E-state index in [0.717, 1.165) is 11.3 Å². The zero-order valence-corrected chi connectivity index (χ0v) is 13.8. The van der Waals surface area contributed by atoms with E-state index in [-0.39, 0.29) is 6.61 Å². The average Bonchev–Trinajstić information content (AvgIpc) is 2.55. The fourth-order valence-electron chi connectivity index (χ4n) is 2.13. The molecule has 0 saturated heterocycles. The Kier molecular flexibility index (Phi) is 5.82. The molecule has 0 aliphatic carbocycles. The molecule has 0 heterocycles. The number of ether oxygens (including phenoxy) is 2. The maximum Gasteiger partial charge on any atom is 0.162 e. The first-order valence-electron chi connectivity index (χ1n) is 7.59. The van der Waals surface area contributed by atoms with Crippen LogP contribution in [-0.2, 0) is 0 Å². The lowest BCUT2D eigenvalue weighted by Crippen LogP contribution is -2.00. The molecule has 2 rings (SSSR count). The topological polar surface area (TPSA) is 30.8 Å². The van der Waals surface area contributed by atoms with E-state index in [9.17, 15) is 0 Å². The van der Waals surface area contributed by atoms with Gasteiger partial charge in [-0.15, -0.1) is 6.42 Å². The summed E-state index contributed by atoms with van der Waals surface area (Å²) < 4.78 is 11.1. The van der Waals surface area contributed by atoms with Crippen molar-refractivity contribution < 1.29 is 9.47 Å². The first-order valence-corrected chi connectivity index (χ1v) is 7.59. The zero-order valence-electron chi connectivity index (χ0n) is 13.8. The van der Waals surface area contributed by atoms with Gasteiger partial charge in [-0.05, 0) is 61.7 Å². The van der Waals surface area contributed by atoms with Crippen molar-refractivity contribution in [1.82, 2.24) is 0 Å². The van der Waals surface area contributed by atoms with Gasteiger partial charge in [-0.25, -0.2) is 0 Å². The lowest BCUT2D eigenvalue weighted by Gasteiger charge is -2.11. The SMILES string of the molecule is C#CCOc1ccc(C=Nc2cccc(C)c2C)cc1OCC. The third kappa shape index (κ3) is 4.37. The predicted molar refractivity (Wildman–Crippen MR) is 95.1 cm³/mol. The van der Waals surface area contributed by atoms with E-state index in [1.807, 2.05) is 43.5 Å². The van der Waals surface area contributed by atoms with Crippen LogP contribution in [0.15, 0.2) is 41.4 Å². The third-order valence-electron chi connectivity index (χ3n) is 3.51. The largest absolute Gasteiger partial charge is 0.490 e. The molecule has 0 saturated carbocycles. The Labute approximate surface area is 138 Å². The number of hydrogen-bond acceptors (Lipinski definition) is 3. The van der Waals surface area contributed by atoms with Crippen LogP contribution in [0.1, 0.15) is 23.6 Å². The van der Waals surface area contributed by atoms with Crippen LogP contribution in [0.3, 0.4) is 0 Å². The number of benzene rings is 2. The number of rotatable bonds is 6. The van der Waals surface area contributed by atoms with E-state index < -0.39 is 0 Å². The van der Waals surface area contributed by atoms with Crippen LogP contribution in [0, 0.1) is 26.2 Å². The summed E-state index contributed by atoms with van der Waals surface area (Å²) >= 11 is 0. The second-order valence-electron chi connectivity index (χ2n) is 5.11. The minimum absolute atomic E-state index is 0.218. The number of hydrogen-bond donors (Lipinski definition) is 0. The van der Waals surface area contributed by atoms with Crippen LogP contribution in [0.5, 0.6) is 11.5 Å². The van der Waals surface area contributed by atoms with Crippen molar-refractivity contribution >= 4 is 11.9 Å². The molecule has 0 unspecified atom stereocenters. The second-order valence-corrected chi connectivity index (χ2v) is 5.11. The van der Waals surface area contributed by atoms with E-state index in [1.165, 1.54) is 11.1 Å². The van der Waals surface area contributed by atoms with Crippen LogP contribution in [0.2, 0.25) is 0 Å². The van der Waals surface area contributed by atoms with Crippen molar-refractivity contribution in [1.29, 1.82) is 0 Å². The standard InChI is InChI=1S/C20H21NO2/c1-5-12-23-19-11-10-17(13-20(19)22-6-2)14-21-18-9-7-8-15(3)16(18)4/h1,7-11,13-14H,6,12H2,2-4H3. The number of aliphatic imine (C=N–C) groups is 1.